The van der Waals surface area contributed by atoms with Crippen LogP contribution in [0.1, 0.15) is 5.56 Å². The fourth-order valence-corrected chi connectivity index (χ4v) is 1.29. The highest BCUT2D eigenvalue weighted by Gasteiger charge is 2.08. The van der Waals surface area contributed by atoms with Gasteiger partial charge in [-0.3, -0.25) is 10.1 Å². The van der Waals surface area contributed by atoms with Crippen LogP contribution in [0.25, 0.3) is 6.08 Å². The van der Waals surface area contributed by atoms with Gasteiger partial charge in [-0.2, -0.15) is 0 Å². The molecule has 4 nitrogen and oxygen atoms in total. The Morgan fingerprint density at radius 3 is 2.80 bits per heavy atom. The summed E-state index contributed by atoms with van der Waals surface area (Å²) in [5.74, 6) is 0.485. The number of halogens is 1. The highest BCUT2D eigenvalue weighted by Crippen LogP contribution is 2.23. The van der Waals surface area contributed by atoms with E-state index in [0.717, 1.165) is 5.56 Å². The molecule has 0 N–H and O–H groups in total. The second kappa shape index (κ2) is 5.50. The van der Waals surface area contributed by atoms with Gasteiger partial charge >= 0.3 is 0 Å². The van der Waals surface area contributed by atoms with Crippen molar-refractivity contribution in [3.8, 4) is 5.75 Å². The van der Waals surface area contributed by atoms with Crippen LogP contribution in [0.2, 0.25) is 0 Å². The fourth-order valence-electron chi connectivity index (χ4n) is 1.11. The summed E-state index contributed by atoms with van der Waals surface area (Å²) in [5.41, 5.74) is 0.782. The van der Waals surface area contributed by atoms with Crippen LogP contribution >= 0.6 is 15.9 Å². The molecule has 0 amide bonds. The first-order valence-electron chi connectivity index (χ1n) is 4.23. The monoisotopic (exact) mass is 271 g/mol. The second-order valence-electron chi connectivity index (χ2n) is 2.78. The van der Waals surface area contributed by atoms with Gasteiger partial charge in [0.05, 0.1) is 18.1 Å². The molecule has 0 atom stereocenters. The van der Waals surface area contributed by atoms with Crippen LogP contribution in [-0.4, -0.2) is 17.4 Å². The van der Waals surface area contributed by atoms with E-state index < -0.39 is 4.92 Å². The fraction of sp³-hybridized carbons (Fsp3) is 0.200. The van der Waals surface area contributed by atoms with E-state index in [0.29, 0.717) is 11.1 Å². The highest BCUT2D eigenvalue weighted by molar-refractivity contribution is 9.09. The molecule has 0 aliphatic heterocycles. The molecule has 5 heteroatoms. The Morgan fingerprint density at radius 1 is 1.53 bits per heavy atom. The topological polar surface area (TPSA) is 52.4 Å². The maximum atomic E-state index is 10.6. The highest BCUT2D eigenvalue weighted by atomic mass is 79.9. The zero-order valence-electron chi connectivity index (χ0n) is 8.14. The van der Waals surface area contributed by atoms with Gasteiger partial charge < -0.3 is 4.74 Å². The van der Waals surface area contributed by atoms with Gasteiger partial charge in [-0.15, -0.1) is 0 Å². The van der Waals surface area contributed by atoms with Crippen molar-refractivity contribution in [1.82, 2.24) is 0 Å². The molecule has 0 aliphatic carbocycles. The van der Waals surface area contributed by atoms with Gasteiger partial charge in [0.1, 0.15) is 5.75 Å². The first-order valence-corrected chi connectivity index (χ1v) is 5.35. The molecule has 0 heterocycles. The molecule has 0 spiro atoms. The number of ether oxygens (including phenoxy) is 1. The van der Waals surface area contributed by atoms with Crippen LogP contribution in [0.3, 0.4) is 0 Å². The molecular weight excluding hydrogens is 262 g/mol. The van der Waals surface area contributed by atoms with Crippen molar-refractivity contribution in [2.24, 2.45) is 0 Å². The van der Waals surface area contributed by atoms with Crippen LogP contribution in [-0.2, 0) is 0 Å². The van der Waals surface area contributed by atoms with Crippen LogP contribution in [0.5, 0.6) is 5.75 Å². The summed E-state index contributed by atoms with van der Waals surface area (Å²) in [6.45, 7) is 0. The minimum atomic E-state index is -0.437. The molecule has 1 aromatic carbocycles. The third kappa shape index (κ3) is 3.36. The molecular formula is C10H10BrNO3. The van der Waals surface area contributed by atoms with E-state index in [1.54, 1.807) is 12.1 Å². The Kier molecular flexibility index (Phi) is 4.30. The average Bonchev–Trinajstić information content (AvgIpc) is 2.25. The zero-order valence-corrected chi connectivity index (χ0v) is 9.73. The van der Waals surface area contributed by atoms with Crippen LogP contribution in [0, 0.1) is 10.1 Å². The van der Waals surface area contributed by atoms with Crippen molar-refractivity contribution in [2.75, 3.05) is 12.4 Å². The Balaban J connectivity index is 3.11. The lowest BCUT2D eigenvalue weighted by atomic mass is 10.2. The smallest absolute Gasteiger partial charge is 0.273 e. The predicted molar refractivity (Wildman–Crippen MR) is 62.5 cm³/mol. The number of nitro benzene ring substituents is 1. The van der Waals surface area contributed by atoms with Gasteiger partial charge in [-0.1, -0.05) is 28.1 Å². The minimum absolute atomic E-state index is 0.0311. The number of nitrogens with zero attached hydrogens (tertiary/aromatic N) is 1. The molecule has 80 valence electrons. The number of hydrogen-bond acceptors (Lipinski definition) is 3. The molecule has 0 aromatic heterocycles. The van der Waals surface area contributed by atoms with Crippen molar-refractivity contribution in [1.29, 1.82) is 0 Å². The standard InChI is InChI=1S/C10H10BrNO3/c1-15-10-6-8(3-2-4-11)5-9(7-10)12(13)14/h2-3,5-7H,4H2,1H3. The number of rotatable bonds is 4. The number of nitro groups is 1. The molecule has 0 unspecified atom stereocenters. The molecule has 0 fully saturated rings. The molecule has 0 saturated carbocycles. The van der Waals surface area contributed by atoms with Gasteiger partial charge in [-0.05, 0) is 11.6 Å². The van der Waals surface area contributed by atoms with E-state index in [1.807, 2.05) is 6.08 Å². The third-order valence-corrected chi connectivity index (χ3v) is 2.13. The normalized spacial score (nSPS) is 10.5. The molecule has 1 aromatic rings. The number of allylic oxidation sites excluding steroid dienone is 1. The van der Waals surface area contributed by atoms with Gasteiger partial charge in [0.25, 0.3) is 5.69 Å². The van der Waals surface area contributed by atoms with Crippen molar-refractivity contribution >= 4 is 27.7 Å². The van der Waals surface area contributed by atoms with E-state index in [-0.39, 0.29) is 5.69 Å². The summed E-state index contributed by atoms with van der Waals surface area (Å²) in [4.78, 5) is 10.2. The Morgan fingerprint density at radius 2 is 2.27 bits per heavy atom. The predicted octanol–water partition coefficient (Wildman–Crippen LogP) is 3.01. The van der Waals surface area contributed by atoms with E-state index in [1.165, 1.54) is 19.2 Å². The number of benzene rings is 1. The Labute approximate surface area is 95.8 Å². The van der Waals surface area contributed by atoms with E-state index in [9.17, 15) is 10.1 Å². The Hall–Kier alpha value is -1.36. The summed E-state index contributed by atoms with van der Waals surface area (Å²) in [7, 11) is 1.48. The summed E-state index contributed by atoms with van der Waals surface area (Å²) < 4.78 is 4.98. The summed E-state index contributed by atoms with van der Waals surface area (Å²) in [6.07, 6.45) is 3.66. The lowest BCUT2D eigenvalue weighted by Gasteiger charge is -2.01. The summed E-state index contributed by atoms with van der Waals surface area (Å²) in [6, 6.07) is 4.64. The van der Waals surface area contributed by atoms with Crippen LogP contribution in [0.4, 0.5) is 5.69 Å². The summed E-state index contributed by atoms with van der Waals surface area (Å²) in [5, 5.41) is 11.3. The first-order chi connectivity index (χ1) is 7.17. The first kappa shape index (κ1) is 11.7. The summed E-state index contributed by atoms with van der Waals surface area (Å²) >= 11 is 3.24. The molecule has 0 radical (unpaired) electrons. The van der Waals surface area contributed by atoms with Gasteiger partial charge in [0, 0.05) is 11.4 Å². The van der Waals surface area contributed by atoms with Crippen molar-refractivity contribution in [2.45, 2.75) is 0 Å². The van der Waals surface area contributed by atoms with Crippen molar-refractivity contribution in [3.05, 3.63) is 40.0 Å². The average molecular weight is 272 g/mol. The van der Waals surface area contributed by atoms with Gasteiger partial charge in [0.2, 0.25) is 0 Å². The van der Waals surface area contributed by atoms with Crippen LogP contribution < -0.4 is 4.74 Å². The lowest BCUT2D eigenvalue weighted by molar-refractivity contribution is -0.384. The van der Waals surface area contributed by atoms with Crippen molar-refractivity contribution in [3.63, 3.8) is 0 Å². The van der Waals surface area contributed by atoms with E-state index in [4.69, 9.17) is 4.74 Å². The van der Waals surface area contributed by atoms with Crippen molar-refractivity contribution < 1.29 is 9.66 Å². The Bertz CT molecular complexity index is 390. The lowest BCUT2D eigenvalue weighted by Crippen LogP contribution is -1.91. The number of methoxy groups -OCH3 is 1. The SMILES string of the molecule is COc1cc(C=CCBr)cc([N+](=O)[O-])c1. The van der Waals surface area contributed by atoms with Gasteiger partial charge in [0.15, 0.2) is 0 Å². The molecule has 0 aliphatic rings. The van der Waals surface area contributed by atoms with E-state index in [2.05, 4.69) is 15.9 Å². The molecule has 15 heavy (non-hydrogen) atoms. The van der Waals surface area contributed by atoms with Gasteiger partial charge in [-0.25, -0.2) is 0 Å². The maximum absolute atomic E-state index is 10.6. The molecule has 1 rings (SSSR count). The quantitative estimate of drug-likeness (QED) is 0.481. The van der Waals surface area contributed by atoms with Crippen LogP contribution in [0.15, 0.2) is 24.3 Å². The zero-order chi connectivity index (χ0) is 11.3. The number of non-ortho nitro benzene ring substituents is 1. The number of hydrogen-bond donors (Lipinski definition) is 0. The minimum Gasteiger partial charge on any atom is -0.496 e. The molecule has 0 bridgehead atoms. The number of alkyl halides is 1. The largest absolute Gasteiger partial charge is 0.496 e. The molecule has 0 saturated heterocycles. The van der Waals surface area contributed by atoms with E-state index >= 15 is 0 Å². The second-order valence-corrected chi connectivity index (χ2v) is 3.43. The third-order valence-electron chi connectivity index (χ3n) is 1.76. The maximum Gasteiger partial charge on any atom is 0.273 e.